The minimum atomic E-state index is -3.43. The second-order valence-electron chi connectivity index (χ2n) is 4.61. The van der Waals surface area contributed by atoms with E-state index >= 15 is 0 Å². The van der Waals surface area contributed by atoms with Crippen LogP contribution in [0.15, 0.2) is 42.5 Å². The third-order valence-electron chi connectivity index (χ3n) is 2.66. The number of rotatable bonds is 4. The number of hydrogen-bond donors (Lipinski definition) is 4. The van der Waals surface area contributed by atoms with Crippen molar-refractivity contribution in [1.82, 2.24) is 0 Å². The molecule has 0 aliphatic carbocycles. The molecule has 2 rings (SSSR count). The number of sulfonamides is 1. The Balaban J connectivity index is 2.19. The third kappa shape index (κ3) is 4.13. The SMILES string of the molecule is CS(=O)(=O)Nc1cccc(C(=O)Nc2ccc(O)c(O)c2)c1. The van der Waals surface area contributed by atoms with Crippen molar-refractivity contribution in [3.63, 3.8) is 0 Å². The number of aromatic hydroxyl groups is 2. The quantitative estimate of drug-likeness (QED) is 0.505. The molecule has 0 aromatic heterocycles. The van der Waals surface area contributed by atoms with Gasteiger partial charge in [0, 0.05) is 23.0 Å². The first-order valence-corrected chi connectivity index (χ1v) is 8.05. The third-order valence-corrected chi connectivity index (χ3v) is 3.27. The molecule has 2 aromatic rings. The van der Waals surface area contributed by atoms with Crippen LogP contribution in [0.25, 0.3) is 0 Å². The van der Waals surface area contributed by atoms with Gasteiger partial charge >= 0.3 is 0 Å². The normalized spacial score (nSPS) is 11.0. The minimum Gasteiger partial charge on any atom is -0.504 e. The smallest absolute Gasteiger partial charge is 0.255 e. The summed E-state index contributed by atoms with van der Waals surface area (Å²) in [5, 5.41) is 21.1. The van der Waals surface area contributed by atoms with Crippen LogP contribution in [0.3, 0.4) is 0 Å². The summed E-state index contributed by atoms with van der Waals surface area (Å²) < 4.78 is 24.6. The molecule has 0 fully saturated rings. The van der Waals surface area contributed by atoms with E-state index in [9.17, 15) is 23.4 Å². The lowest BCUT2D eigenvalue weighted by molar-refractivity contribution is 0.102. The van der Waals surface area contributed by atoms with E-state index in [-0.39, 0.29) is 22.7 Å². The van der Waals surface area contributed by atoms with Gasteiger partial charge in [0.15, 0.2) is 11.5 Å². The van der Waals surface area contributed by atoms with Gasteiger partial charge in [-0.05, 0) is 30.3 Å². The molecule has 0 heterocycles. The van der Waals surface area contributed by atoms with E-state index < -0.39 is 15.9 Å². The zero-order chi connectivity index (χ0) is 16.3. The first-order valence-electron chi connectivity index (χ1n) is 6.16. The van der Waals surface area contributed by atoms with Crippen LogP contribution in [-0.4, -0.2) is 30.8 Å². The molecule has 1 amide bonds. The highest BCUT2D eigenvalue weighted by atomic mass is 32.2. The summed E-state index contributed by atoms with van der Waals surface area (Å²) in [6.45, 7) is 0. The van der Waals surface area contributed by atoms with Crippen molar-refractivity contribution in [1.29, 1.82) is 0 Å². The van der Waals surface area contributed by atoms with E-state index in [0.29, 0.717) is 5.69 Å². The molecular formula is C14H14N2O5S. The summed E-state index contributed by atoms with van der Waals surface area (Å²) in [5.41, 5.74) is 0.798. The number of phenols is 2. The second-order valence-corrected chi connectivity index (χ2v) is 6.36. The highest BCUT2D eigenvalue weighted by Gasteiger charge is 2.10. The maximum absolute atomic E-state index is 12.1. The standard InChI is InChI=1S/C14H14N2O5S/c1-22(20,21)16-11-4-2-3-9(7-11)14(19)15-10-5-6-12(17)13(18)8-10/h2-8,16-18H,1H3,(H,15,19). The molecule has 22 heavy (non-hydrogen) atoms. The van der Waals surface area contributed by atoms with Gasteiger partial charge in [0.05, 0.1) is 6.26 Å². The van der Waals surface area contributed by atoms with Gasteiger partial charge in [-0.15, -0.1) is 0 Å². The van der Waals surface area contributed by atoms with E-state index in [2.05, 4.69) is 10.0 Å². The average Bonchev–Trinajstić information content (AvgIpc) is 2.41. The number of carbonyl (C=O) groups is 1. The van der Waals surface area contributed by atoms with Crippen LogP contribution >= 0.6 is 0 Å². The Bertz CT molecular complexity index is 818. The fraction of sp³-hybridized carbons (Fsp3) is 0.0714. The Morgan fingerprint density at radius 3 is 2.36 bits per heavy atom. The molecule has 0 atom stereocenters. The highest BCUT2D eigenvalue weighted by Crippen LogP contribution is 2.27. The fourth-order valence-corrected chi connectivity index (χ4v) is 2.30. The lowest BCUT2D eigenvalue weighted by atomic mass is 10.2. The van der Waals surface area contributed by atoms with Crippen molar-refractivity contribution in [2.75, 3.05) is 16.3 Å². The van der Waals surface area contributed by atoms with Gasteiger partial charge in [0.2, 0.25) is 10.0 Å². The zero-order valence-electron chi connectivity index (χ0n) is 11.6. The van der Waals surface area contributed by atoms with Gasteiger partial charge in [0.1, 0.15) is 0 Å². The summed E-state index contributed by atoms with van der Waals surface area (Å²) >= 11 is 0. The molecule has 0 aliphatic heterocycles. The number of anilines is 2. The van der Waals surface area contributed by atoms with Gasteiger partial charge in [-0.3, -0.25) is 9.52 Å². The molecule has 116 valence electrons. The van der Waals surface area contributed by atoms with Crippen molar-refractivity contribution < 1.29 is 23.4 Å². The first-order chi connectivity index (χ1) is 10.2. The number of hydrogen-bond acceptors (Lipinski definition) is 5. The molecule has 0 spiro atoms. The summed E-state index contributed by atoms with van der Waals surface area (Å²) in [4.78, 5) is 12.1. The van der Waals surface area contributed by atoms with E-state index in [1.165, 1.54) is 42.5 Å². The van der Waals surface area contributed by atoms with Crippen LogP contribution in [-0.2, 0) is 10.0 Å². The number of benzene rings is 2. The summed E-state index contributed by atoms with van der Waals surface area (Å²) in [6, 6.07) is 9.82. The largest absolute Gasteiger partial charge is 0.504 e. The van der Waals surface area contributed by atoms with Crippen LogP contribution in [0.1, 0.15) is 10.4 Å². The molecule has 0 saturated heterocycles. The monoisotopic (exact) mass is 322 g/mol. The van der Waals surface area contributed by atoms with Crippen molar-refractivity contribution in [2.24, 2.45) is 0 Å². The minimum absolute atomic E-state index is 0.237. The predicted octanol–water partition coefficient (Wildman–Crippen LogP) is 1.72. The molecule has 8 heteroatoms. The van der Waals surface area contributed by atoms with Gasteiger partial charge in [-0.25, -0.2) is 8.42 Å². The van der Waals surface area contributed by atoms with Crippen molar-refractivity contribution in [3.8, 4) is 11.5 Å². The van der Waals surface area contributed by atoms with Crippen LogP contribution in [0.2, 0.25) is 0 Å². The molecule has 0 aliphatic rings. The zero-order valence-corrected chi connectivity index (χ0v) is 12.4. The fourth-order valence-electron chi connectivity index (χ4n) is 1.74. The molecule has 0 radical (unpaired) electrons. The first kappa shape index (κ1) is 15.6. The van der Waals surface area contributed by atoms with Crippen LogP contribution in [0, 0.1) is 0 Å². The number of amides is 1. The van der Waals surface area contributed by atoms with E-state index in [4.69, 9.17) is 0 Å². The van der Waals surface area contributed by atoms with E-state index in [0.717, 1.165) is 6.26 Å². The second kappa shape index (κ2) is 5.94. The van der Waals surface area contributed by atoms with Crippen LogP contribution < -0.4 is 10.0 Å². The topological polar surface area (TPSA) is 116 Å². The maximum Gasteiger partial charge on any atom is 0.255 e. The number of nitrogens with one attached hydrogen (secondary N) is 2. The van der Waals surface area contributed by atoms with Crippen molar-refractivity contribution in [2.45, 2.75) is 0 Å². The molecule has 0 saturated carbocycles. The van der Waals surface area contributed by atoms with Gasteiger partial charge in [-0.2, -0.15) is 0 Å². The van der Waals surface area contributed by atoms with Gasteiger partial charge < -0.3 is 15.5 Å². The Hall–Kier alpha value is -2.74. The van der Waals surface area contributed by atoms with Crippen molar-refractivity contribution >= 4 is 27.3 Å². The number of carbonyl (C=O) groups excluding carboxylic acids is 1. The average molecular weight is 322 g/mol. The van der Waals surface area contributed by atoms with Gasteiger partial charge in [0.25, 0.3) is 5.91 Å². The highest BCUT2D eigenvalue weighted by molar-refractivity contribution is 7.92. The number of phenolic OH excluding ortho intramolecular Hbond substituents is 2. The summed E-state index contributed by atoms with van der Waals surface area (Å²) in [6.07, 6.45) is 1.01. The van der Waals surface area contributed by atoms with E-state index in [1.54, 1.807) is 0 Å². The molecule has 2 aromatic carbocycles. The summed E-state index contributed by atoms with van der Waals surface area (Å²) in [7, 11) is -3.43. The molecule has 4 N–H and O–H groups in total. The molecule has 0 bridgehead atoms. The molecule has 0 unspecified atom stereocenters. The van der Waals surface area contributed by atoms with Crippen molar-refractivity contribution in [3.05, 3.63) is 48.0 Å². The van der Waals surface area contributed by atoms with Gasteiger partial charge in [-0.1, -0.05) is 6.07 Å². The molecular weight excluding hydrogens is 308 g/mol. The Kier molecular flexibility index (Phi) is 4.22. The maximum atomic E-state index is 12.1. The lowest BCUT2D eigenvalue weighted by Crippen LogP contribution is -2.13. The Morgan fingerprint density at radius 1 is 1.00 bits per heavy atom. The van der Waals surface area contributed by atoms with Crippen LogP contribution in [0.4, 0.5) is 11.4 Å². The Morgan fingerprint density at radius 2 is 1.73 bits per heavy atom. The Labute approximate surface area is 127 Å². The molecule has 7 nitrogen and oxygen atoms in total. The lowest BCUT2D eigenvalue weighted by Gasteiger charge is -2.08. The summed E-state index contributed by atoms with van der Waals surface area (Å²) in [5.74, 6) is -1.13. The van der Waals surface area contributed by atoms with E-state index in [1.807, 2.05) is 0 Å². The van der Waals surface area contributed by atoms with Crippen LogP contribution in [0.5, 0.6) is 11.5 Å². The predicted molar refractivity (Wildman–Crippen MR) is 82.6 cm³/mol.